The van der Waals surface area contributed by atoms with Crippen molar-refractivity contribution in [3.05, 3.63) is 0 Å². The summed E-state index contributed by atoms with van der Waals surface area (Å²) in [5.41, 5.74) is 0. The van der Waals surface area contributed by atoms with Crippen LogP contribution in [0.2, 0.25) is 0 Å². The molecule has 0 spiro atoms. The molecule has 134 valence electrons. The molecule has 22 heavy (non-hydrogen) atoms. The van der Waals surface area contributed by atoms with Crippen LogP contribution in [0, 0.1) is 0 Å². The fourth-order valence-electron chi connectivity index (χ4n) is 2.30. The lowest BCUT2D eigenvalue weighted by Gasteiger charge is -2.15. The van der Waals surface area contributed by atoms with Crippen molar-refractivity contribution >= 4 is 15.6 Å². The average molecular weight is 356 g/mol. The van der Waals surface area contributed by atoms with E-state index in [4.69, 9.17) is 9.05 Å². The van der Waals surface area contributed by atoms with E-state index in [1.54, 1.807) is 6.92 Å². The number of hydrogen-bond donors (Lipinski definition) is 1. The van der Waals surface area contributed by atoms with E-state index >= 15 is 0 Å². The zero-order valence-corrected chi connectivity index (χ0v) is 16.3. The van der Waals surface area contributed by atoms with E-state index in [1.807, 2.05) is 6.92 Å². The van der Waals surface area contributed by atoms with Gasteiger partial charge in [-0.25, -0.2) is 0 Å². The van der Waals surface area contributed by atoms with Gasteiger partial charge in [-0.2, -0.15) is 0 Å². The smallest absolute Gasteiger partial charge is 0.327 e. The molecule has 5 nitrogen and oxygen atoms in total. The molecule has 1 N–H and O–H groups in total. The Kier molecular flexibility index (Phi) is 14.0. The average Bonchev–Trinajstić information content (AvgIpc) is 2.40. The number of rotatable bonds is 15. The Morgan fingerprint density at radius 2 is 1.59 bits per heavy atom. The highest BCUT2D eigenvalue weighted by atomic mass is 31.2. The number of unbranched alkanes of at least 4 members (excludes halogenated alkanes) is 7. The Morgan fingerprint density at radius 1 is 1.05 bits per heavy atom. The molecule has 0 aliphatic rings. The summed E-state index contributed by atoms with van der Waals surface area (Å²) in [6.07, 6.45) is 10.7. The van der Waals surface area contributed by atoms with Gasteiger partial charge in [0.2, 0.25) is 8.03 Å². The Hall–Kier alpha value is 0.340. The van der Waals surface area contributed by atoms with Gasteiger partial charge < -0.3 is 13.9 Å². The van der Waals surface area contributed by atoms with Crippen molar-refractivity contribution in [3.63, 3.8) is 0 Å². The molecule has 0 amide bonds. The van der Waals surface area contributed by atoms with Crippen molar-refractivity contribution in [2.24, 2.45) is 0 Å². The molecule has 0 saturated heterocycles. The molecule has 0 heterocycles. The van der Waals surface area contributed by atoms with Crippen molar-refractivity contribution in [2.45, 2.75) is 84.7 Å². The summed E-state index contributed by atoms with van der Waals surface area (Å²) in [5, 5.41) is 0. The largest absolute Gasteiger partial charge is 0.337 e. The van der Waals surface area contributed by atoms with Crippen LogP contribution >= 0.6 is 15.6 Å². The van der Waals surface area contributed by atoms with Crippen LogP contribution in [0.15, 0.2) is 0 Å². The Morgan fingerprint density at radius 3 is 2.14 bits per heavy atom. The molecule has 0 aromatic heterocycles. The molecule has 0 rings (SSSR count). The molecule has 7 heteroatoms. The topological polar surface area (TPSA) is 72.8 Å². The quantitative estimate of drug-likeness (QED) is 0.306. The molecular formula is C15H34O5P2. The van der Waals surface area contributed by atoms with E-state index in [-0.39, 0.29) is 18.6 Å². The first kappa shape index (κ1) is 22.3. The minimum Gasteiger partial charge on any atom is -0.327 e. The van der Waals surface area contributed by atoms with E-state index in [0.717, 1.165) is 19.3 Å². The van der Waals surface area contributed by atoms with Gasteiger partial charge in [-0.1, -0.05) is 58.3 Å². The molecule has 0 saturated carbocycles. The minimum absolute atomic E-state index is 0.131. The maximum atomic E-state index is 11.7. The number of hydrogen-bond acceptors (Lipinski definition) is 4. The summed E-state index contributed by atoms with van der Waals surface area (Å²) in [4.78, 5) is 9.41. The van der Waals surface area contributed by atoms with E-state index in [9.17, 15) is 14.0 Å². The molecule has 0 aliphatic carbocycles. The van der Waals surface area contributed by atoms with Crippen molar-refractivity contribution in [2.75, 3.05) is 12.5 Å². The van der Waals surface area contributed by atoms with Gasteiger partial charge in [-0.3, -0.25) is 9.13 Å². The van der Waals surface area contributed by atoms with Gasteiger partial charge in [0.25, 0.3) is 0 Å². The third-order valence-corrected chi connectivity index (χ3v) is 7.41. The summed E-state index contributed by atoms with van der Waals surface area (Å²) in [7, 11) is -6.26. The highest BCUT2D eigenvalue weighted by Gasteiger charge is 2.23. The lowest BCUT2D eigenvalue weighted by Crippen LogP contribution is -2.04. The molecule has 3 unspecified atom stereocenters. The van der Waals surface area contributed by atoms with Crippen LogP contribution in [0.1, 0.15) is 78.6 Å². The van der Waals surface area contributed by atoms with Crippen molar-refractivity contribution in [1.29, 1.82) is 0 Å². The highest BCUT2D eigenvalue weighted by Crippen LogP contribution is 2.50. The normalized spacial score (nSPS) is 17.1. The first-order valence-corrected chi connectivity index (χ1v) is 11.9. The molecule has 0 aromatic rings. The molecule has 0 aromatic carbocycles. The predicted molar refractivity (Wildman–Crippen MR) is 93.1 cm³/mol. The SMILES string of the molecule is CCCCCCCCCCC(C)O[PH](=O)CP(=O)(O)OCC. The lowest BCUT2D eigenvalue weighted by molar-refractivity contribution is 0.218. The molecule has 3 atom stereocenters. The molecular weight excluding hydrogens is 322 g/mol. The van der Waals surface area contributed by atoms with Crippen LogP contribution in [0.4, 0.5) is 0 Å². The van der Waals surface area contributed by atoms with Gasteiger partial charge in [0, 0.05) is 0 Å². The van der Waals surface area contributed by atoms with Gasteiger partial charge in [-0.15, -0.1) is 0 Å². The second-order valence-electron chi connectivity index (χ2n) is 5.78. The van der Waals surface area contributed by atoms with Crippen molar-refractivity contribution in [3.8, 4) is 0 Å². The molecule has 0 aliphatic heterocycles. The van der Waals surface area contributed by atoms with E-state index in [1.165, 1.54) is 38.5 Å². The summed E-state index contributed by atoms with van der Waals surface area (Å²) >= 11 is 0. The van der Waals surface area contributed by atoms with Gasteiger partial charge in [0.1, 0.15) is 5.90 Å². The predicted octanol–water partition coefficient (Wildman–Crippen LogP) is 5.58. The summed E-state index contributed by atoms with van der Waals surface area (Å²) in [6, 6.07) is 0. The van der Waals surface area contributed by atoms with Gasteiger partial charge in [0.15, 0.2) is 0 Å². The maximum absolute atomic E-state index is 11.7. The van der Waals surface area contributed by atoms with Crippen LogP contribution in [0.5, 0.6) is 0 Å². The van der Waals surface area contributed by atoms with Crippen LogP contribution < -0.4 is 0 Å². The fraction of sp³-hybridized carbons (Fsp3) is 1.00. The van der Waals surface area contributed by atoms with Gasteiger partial charge in [0.05, 0.1) is 12.7 Å². The van der Waals surface area contributed by atoms with Crippen LogP contribution in [-0.2, 0) is 18.2 Å². The Balaban J connectivity index is 3.62. The zero-order chi connectivity index (χ0) is 16.8. The zero-order valence-electron chi connectivity index (χ0n) is 14.4. The third-order valence-electron chi connectivity index (χ3n) is 3.46. The van der Waals surface area contributed by atoms with E-state index in [0.29, 0.717) is 0 Å². The minimum atomic E-state index is -3.75. The summed E-state index contributed by atoms with van der Waals surface area (Å²) < 4.78 is 33.2. The molecule has 0 radical (unpaired) electrons. The van der Waals surface area contributed by atoms with Crippen LogP contribution in [-0.4, -0.2) is 23.5 Å². The molecule has 0 fully saturated rings. The van der Waals surface area contributed by atoms with Crippen LogP contribution in [0.3, 0.4) is 0 Å². The highest BCUT2D eigenvalue weighted by molar-refractivity contribution is 7.65. The summed E-state index contributed by atoms with van der Waals surface area (Å²) in [6.45, 7) is 5.85. The third kappa shape index (κ3) is 14.0. The first-order chi connectivity index (χ1) is 10.4. The van der Waals surface area contributed by atoms with Crippen molar-refractivity contribution < 1.29 is 23.1 Å². The summed E-state index contributed by atoms with van der Waals surface area (Å²) in [5.74, 6) is -0.382. The maximum Gasteiger partial charge on any atom is 0.337 e. The fourth-order valence-corrected chi connectivity index (χ4v) is 5.24. The van der Waals surface area contributed by atoms with E-state index < -0.39 is 15.6 Å². The second-order valence-corrected chi connectivity index (χ2v) is 9.56. The standard InChI is InChI=1S/C15H34O5P2/c1-4-6-7-8-9-10-11-12-13-15(3)20-21(16)14-22(17,18)19-5-2/h15,21H,4-14H2,1-3H3,(H,17,18). The lowest BCUT2D eigenvalue weighted by atomic mass is 10.1. The Labute approximate surface area is 136 Å². The first-order valence-electron chi connectivity index (χ1n) is 8.57. The van der Waals surface area contributed by atoms with Gasteiger partial charge >= 0.3 is 7.60 Å². The van der Waals surface area contributed by atoms with Crippen LogP contribution in [0.25, 0.3) is 0 Å². The van der Waals surface area contributed by atoms with E-state index in [2.05, 4.69) is 6.92 Å². The second kappa shape index (κ2) is 13.7. The monoisotopic (exact) mass is 356 g/mol. The Bertz CT molecular complexity index is 336. The molecule has 0 bridgehead atoms. The van der Waals surface area contributed by atoms with Crippen molar-refractivity contribution in [1.82, 2.24) is 0 Å². The van der Waals surface area contributed by atoms with Gasteiger partial charge in [-0.05, 0) is 20.3 Å².